The van der Waals surface area contributed by atoms with E-state index in [-0.39, 0.29) is 6.29 Å². The number of hydrogen-bond acceptors (Lipinski definition) is 3. The third-order valence-electron chi connectivity index (χ3n) is 7.22. The van der Waals surface area contributed by atoms with Crippen LogP contribution in [-0.2, 0) is 9.47 Å². The first kappa shape index (κ1) is 15.4. The van der Waals surface area contributed by atoms with E-state index < -0.39 is 0 Å². The van der Waals surface area contributed by atoms with Crippen molar-refractivity contribution in [3.05, 3.63) is 0 Å². The molecule has 22 heavy (non-hydrogen) atoms. The summed E-state index contributed by atoms with van der Waals surface area (Å²) in [6.07, 6.45) is 9.99. The molecule has 0 aromatic rings. The van der Waals surface area contributed by atoms with Crippen molar-refractivity contribution in [3.63, 3.8) is 0 Å². The minimum absolute atomic E-state index is 0.0680. The predicted octanol–water partition coefficient (Wildman–Crippen LogP) is 3.68. The molecule has 4 fully saturated rings. The molecule has 0 aromatic carbocycles. The Labute approximate surface area is 135 Å². The first-order valence-electron chi connectivity index (χ1n) is 9.62. The Bertz CT molecular complexity index is 391. The van der Waals surface area contributed by atoms with Crippen LogP contribution in [0.1, 0.15) is 58.8 Å². The summed E-state index contributed by atoms with van der Waals surface area (Å²) < 4.78 is 12.3. The van der Waals surface area contributed by atoms with Gasteiger partial charge in [-0.25, -0.2) is 0 Å². The minimum atomic E-state index is 0.0680. The molecule has 2 aliphatic carbocycles. The summed E-state index contributed by atoms with van der Waals surface area (Å²) in [6, 6.07) is 0. The standard InChI is InChI=1S/C19H33NO2/c1-19(2)15-7-6-14(10-15)17(19)11-18-21-13-16(22-18)12-20-8-4-3-5-9-20/h14-18H,3-13H2,1-2H3/t14-,15-,16?,17?,18?/m1/s1. The van der Waals surface area contributed by atoms with Gasteiger partial charge in [-0.1, -0.05) is 20.3 Å². The number of hydrogen-bond donors (Lipinski definition) is 0. The summed E-state index contributed by atoms with van der Waals surface area (Å²) in [4.78, 5) is 2.57. The lowest BCUT2D eigenvalue weighted by molar-refractivity contribution is -0.0909. The van der Waals surface area contributed by atoms with Gasteiger partial charge < -0.3 is 14.4 Å². The maximum Gasteiger partial charge on any atom is 0.158 e. The van der Waals surface area contributed by atoms with Gasteiger partial charge in [0.15, 0.2) is 6.29 Å². The van der Waals surface area contributed by atoms with Crippen LogP contribution in [-0.4, -0.2) is 43.5 Å². The highest BCUT2D eigenvalue weighted by atomic mass is 16.7. The maximum absolute atomic E-state index is 6.26. The fourth-order valence-corrected chi connectivity index (χ4v) is 5.83. The van der Waals surface area contributed by atoms with Crippen molar-refractivity contribution in [3.8, 4) is 0 Å². The zero-order valence-corrected chi connectivity index (χ0v) is 14.4. The molecule has 2 saturated heterocycles. The molecule has 0 N–H and O–H groups in total. The van der Waals surface area contributed by atoms with Crippen LogP contribution in [0, 0.1) is 23.2 Å². The summed E-state index contributed by atoms with van der Waals surface area (Å²) in [5.74, 6) is 2.70. The van der Waals surface area contributed by atoms with Crippen LogP contribution in [0.4, 0.5) is 0 Å². The summed E-state index contributed by atoms with van der Waals surface area (Å²) in [5.41, 5.74) is 0.501. The first-order chi connectivity index (χ1) is 10.6. The molecule has 0 aromatic heterocycles. The maximum atomic E-state index is 6.26. The van der Waals surface area contributed by atoms with Crippen LogP contribution in [0.5, 0.6) is 0 Å². The number of piperidine rings is 1. The van der Waals surface area contributed by atoms with Crippen molar-refractivity contribution in [2.45, 2.75) is 71.2 Å². The van der Waals surface area contributed by atoms with Gasteiger partial charge in [-0.05, 0) is 68.4 Å². The summed E-state index contributed by atoms with van der Waals surface area (Å²) >= 11 is 0. The van der Waals surface area contributed by atoms with Crippen LogP contribution in [0.15, 0.2) is 0 Å². The summed E-state index contributed by atoms with van der Waals surface area (Å²) in [5, 5.41) is 0. The monoisotopic (exact) mass is 307 g/mol. The Morgan fingerprint density at radius 3 is 2.64 bits per heavy atom. The molecular weight excluding hydrogens is 274 g/mol. The van der Waals surface area contributed by atoms with E-state index in [9.17, 15) is 0 Å². The molecule has 2 aliphatic heterocycles. The van der Waals surface area contributed by atoms with Crippen molar-refractivity contribution >= 4 is 0 Å². The molecule has 2 bridgehead atoms. The summed E-state index contributed by atoms with van der Waals surface area (Å²) in [7, 11) is 0. The lowest BCUT2D eigenvalue weighted by Crippen LogP contribution is -2.38. The molecule has 0 spiro atoms. The van der Waals surface area contributed by atoms with E-state index in [1.807, 2.05) is 0 Å². The van der Waals surface area contributed by atoms with E-state index in [0.29, 0.717) is 11.5 Å². The molecule has 4 aliphatic rings. The molecule has 0 amide bonds. The number of rotatable bonds is 4. The highest BCUT2D eigenvalue weighted by Crippen LogP contribution is 2.60. The molecule has 3 unspecified atom stereocenters. The average molecular weight is 307 g/mol. The zero-order valence-electron chi connectivity index (χ0n) is 14.4. The molecule has 3 nitrogen and oxygen atoms in total. The van der Waals surface area contributed by atoms with E-state index in [2.05, 4.69) is 18.7 Å². The lowest BCUT2D eigenvalue weighted by atomic mass is 9.67. The fraction of sp³-hybridized carbons (Fsp3) is 1.00. The minimum Gasteiger partial charge on any atom is -0.350 e. The van der Waals surface area contributed by atoms with Gasteiger partial charge in [0.05, 0.1) is 12.7 Å². The Morgan fingerprint density at radius 2 is 1.91 bits per heavy atom. The molecule has 2 saturated carbocycles. The molecular formula is C19H33NO2. The van der Waals surface area contributed by atoms with Crippen molar-refractivity contribution in [1.29, 1.82) is 0 Å². The van der Waals surface area contributed by atoms with Crippen molar-refractivity contribution < 1.29 is 9.47 Å². The van der Waals surface area contributed by atoms with Crippen molar-refractivity contribution in [2.75, 3.05) is 26.2 Å². The molecule has 4 rings (SSSR count). The number of ether oxygens (including phenoxy) is 2. The van der Waals surface area contributed by atoms with Gasteiger partial charge >= 0.3 is 0 Å². The van der Waals surface area contributed by atoms with E-state index in [1.54, 1.807) is 0 Å². The molecule has 5 atom stereocenters. The van der Waals surface area contributed by atoms with E-state index in [4.69, 9.17) is 9.47 Å². The SMILES string of the molecule is CC1(C)C(CC2OCC(CN3CCCCC3)O2)[C@@H]2CC[C@@H]1C2. The van der Waals surface area contributed by atoms with E-state index in [1.165, 1.54) is 51.6 Å². The fourth-order valence-electron chi connectivity index (χ4n) is 5.83. The third kappa shape index (κ3) is 2.85. The van der Waals surface area contributed by atoms with Crippen LogP contribution < -0.4 is 0 Å². The highest BCUT2D eigenvalue weighted by Gasteiger charge is 2.53. The van der Waals surface area contributed by atoms with Crippen LogP contribution in [0.2, 0.25) is 0 Å². The smallest absolute Gasteiger partial charge is 0.158 e. The molecule has 3 heteroatoms. The largest absolute Gasteiger partial charge is 0.350 e. The van der Waals surface area contributed by atoms with Gasteiger partial charge in [0.2, 0.25) is 0 Å². The predicted molar refractivity (Wildman–Crippen MR) is 87.6 cm³/mol. The highest BCUT2D eigenvalue weighted by molar-refractivity contribution is 5.02. The second-order valence-electron chi connectivity index (χ2n) is 8.82. The zero-order chi connectivity index (χ0) is 15.2. The quantitative estimate of drug-likeness (QED) is 0.791. The topological polar surface area (TPSA) is 21.7 Å². The van der Waals surface area contributed by atoms with Gasteiger partial charge in [-0.15, -0.1) is 0 Å². The Balaban J connectivity index is 1.28. The lowest BCUT2D eigenvalue weighted by Gasteiger charge is -2.39. The van der Waals surface area contributed by atoms with Crippen LogP contribution >= 0.6 is 0 Å². The van der Waals surface area contributed by atoms with Crippen molar-refractivity contribution in [2.24, 2.45) is 23.2 Å². The molecule has 0 radical (unpaired) electrons. The second-order valence-corrected chi connectivity index (χ2v) is 8.82. The van der Waals surface area contributed by atoms with Crippen molar-refractivity contribution in [1.82, 2.24) is 4.90 Å². The van der Waals surface area contributed by atoms with Gasteiger partial charge in [-0.3, -0.25) is 0 Å². The first-order valence-corrected chi connectivity index (χ1v) is 9.62. The van der Waals surface area contributed by atoms with Gasteiger partial charge in [0.25, 0.3) is 0 Å². The van der Waals surface area contributed by atoms with Crippen LogP contribution in [0.3, 0.4) is 0 Å². The second kappa shape index (κ2) is 6.07. The van der Waals surface area contributed by atoms with E-state index in [0.717, 1.165) is 37.3 Å². The Morgan fingerprint density at radius 1 is 1.09 bits per heavy atom. The summed E-state index contributed by atoms with van der Waals surface area (Å²) in [6.45, 7) is 9.37. The van der Waals surface area contributed by atoms with Gasteiger partial charge in [0, 0.05) is 13.0 Å². The Kier molecular flexibility index (Phi) is 4.25. The normalized spacial score (nSPS) is 44.7. The van der Waals surface area contributed by atoms with Gasteiger partial charge in [0.1, 0.15) is 0 Å². The number of nitrogens with zero attached hydrogens (tertiary/aromatic N) is 1. The third-order valence-corrected chi connectivity index (χ3v) is 7.22. The van der Waals surface area contributed by atoms with Crippen LogP contribution in [0.25, 0.3) is 0 Å². The molecule has 2 heterocycles. The van der Waals surface area contributed by atoms with Gasteiger partial charge in [-0.2, -0.15) is 0 Å². The Hall–Kier alpha value is -0.120. The number of fused-ring (bicyclic) bond motifs is 2. The number of likely N-dealkylation sites (tertiary alicyclic amines) is 1. The average Bonchev–Trinajstić information content (AvgIpc) is 3.19. The molecule has 126 valence electrons. The van der Waals surface area contributed by atoms with E-state index >= 15 is 0 Å².